The largest absolute Gasteiger partial charge is 0.396 e. The van der Waals surface area contributed by atoms with Crippen LogP contribution in [-0.2, 0) is 21.7 Å². The highest BCUT2D eigenvalue weighted by Crippen LogP contribution is 2.47. The lowest BCUT2D eigenvalue weighted by molar-refractivity contribution is -0.385. The fraction of sp³-hybridized carbons (Fsp3) is 0.407. The minimum absolute atomic E-state index is 0.0582. The van der Waals surface area contributed by atoms with E-state index in [0.29, 0.717) is 24.3 Å². The minimum atomic E-state index is -2.01. The van der Waals surface area contributed by atoms with Crippen LogP contribution in [0, 0.1) is 22.0 Å². The van der Waals surface area contributed by atoms with Gasteiger partial charge in [0.05, 0.1) is 23.1 Å². The number of fused-ring (bicyclic) bond motifs is 1. The van der Waals surface area contributed by atoms with Gasteiger partial charge in [-0.2, -0.15) is 0 Å². The van der Waals surface area contributed by atoms with Crippen LogP contribution in [0.15, 0.2) is 54.6 Å². The van der Waals surface area contributed by atoms with Gasteiger partial charge in [-0.05, 0) is 49.6 Å². The lowest BCUT2D eigenvalue weighted by Gasteiger charge is -2.27. The second-order valence-electron chi connectivity index (χ2n) is 9.58. The number of aliphatic hydroxyl groups is 2. The molecule has 2 aliphatic heterocycles. The number of aliphatic hydroxyl groups excluding tert-OH is 1. The van der Waals surface area contributed by atoms with E-state index in [1.807, 2.05) is 6.07 Å². The van der Waals surface area contributed by atoms with Gasteiger partial charge in [0, 0.05) is 42.5 Å². The number of nitro benzene ring substituents is 1. The summed E-state index contributed by atoms with van der Waals surface area (Å²) in [5.74, 6) is -1.45. The standard InChI is InChI=1S/C27H32N4O6/c1-18(6-2-3-13-32)27(35)23-15-22(31(36)37)10-11-24(23)30(26(27)34)17-19-7-4-9-21(14-19)29-25(33)20-8-5-12-28-16-20/h2,4,6-7,9-11,14-15,18,20,28,32,35H,3,5,8,12-13,16-17H2,1H3,(H,29,33)/b6-2+/t18-,20?,27+/m0/s1. The first kappa shape index (κ1) is 26.5. The number of hydrogen-bond acceptors (Lipinski definition) is 7. The Morgan fingerprint density at radius 3 is 2.86 bits per heavy atom. The molecule has 0 bridgehead atoms. The number of carbonyl (C=O) groups is 2. The molecule has 2 aromatic carbocycles. The number of nitrogens with one attached hydrogen (secondary N) is 2. The third kappa shape index (κ3) is 5.41. The minimum Gasteiger partial charge on any atom is -0.396 e. The number of piperidine rings is 1. The number of amides is 2. The number of benzene rings is 2. The van der Waals surface area contributed by atoms with Crippen molar-refractivity contribution < 1.29 is 24.7 Å². The number of hydrogen-bond donors (Lipinski definition) is 4. The highest BCUT2D eigenvalue weighted by atomic mass is 16.6. The number of anilines is 2. The number of nitro groups is 1. The SMILES string of the molecule is C[C@@H](/C=C/CCO)[C@]1(O)C(=O)N(Cc2cccc(NC(=O)C3CCCNC3)c2)c2ccc([N+](=O)[O-])cc21. The molecular weight excluding hydrogens is 476 g/mol. The van der Waals surface area contributed by atoms with Gasteiger partial charge >= 0.3 is 0 Å². The summed E-state index contributed by atoms with van der Waals surface area (Å²) in [6.45, 7) is 3.24. The molecule has 1 saturated heterocycles. The predicted molar refractivity (Wildman–Crippen MR) is 139 cm³/mol. The molecule has 10 nitrogen and oxygen atoms in total. The van der Waals surface area contributed by atoms with Crippen LogP contribution in [0.25, 0.3) is 0 Å². The smallest absolute Gasteiger partial charge is 0.269 e. The lowest BCUT2D eigenvalue weighted by atomic mass is 9.82. The van der Waals surface area contributed by atoms with Crippen LogP contribution in [0.1, 0.15) is 37.3 Å². The molecule has 0 saturated carbocycles. The fourth-order valence-electron chi connectivity index (χ4n) is 4.97. The van der Waals surface area contributed by atoms with E-state index in [-0.39, 0.29) is 36.2 Å². The molecule has 10 heteroatoms. The van der Waals surface area contributed by atoms with E-state index in [0.717, 1.165) is 24.9 Å². The molecule has 196 valence electrons. The summed E-state index contributed by atoms with van der Waals surface area (Å²) in [6.07, 6.45) is 5.44. The molecule has 1 fully saturated rings. The Bertz CT molecular complexity index is 1210. The van der Waals surface area contributed by atoms with E-state index in [1.165, 1.54) is 23.1 Å². The number of carbonyl (C=O) groups excluding carboxylic acids is 2. The Labute approximate surface area is 215 Å². The molecule has 4 N–H and O–H groups in total. The first-order valence-corrected chi connectivity index (χ1v) is 12.5. The average molecular weight is 509 g/mol. The Morgan fingerprint density at radius 1 is 1.35 bits per heavy atom. The maximum absolute atomic E-state index is 13.7. The summed E-state index contributed by atoms with van der Waals surface area (Å²) in [6, 6.07) is 11.2. The van der Waals surface area contributed by atoms with E-state index in [4.69, 9.17) is 5.11 Å². The van der Waals surface area contributed by atoms with Gasteiger partial charge in [0.1, 0.15) is 0 Å². The zero-order valence-corrected chi connectivity index (χ0v) is 20.7. The van der Waals surface area contributed by atoms with Gasteiger partial charge in [0.2, 0.25) is 5.91 Å². The molecule has 2 amide bonds. The van der Waals surface area contributed by atoms with Crippen LogP contribution in [0.2, 0.25) is 0 Å². The first-order chi connectivity index (χ1) is 17.8. The maximum atomic E-state index is 13.7. The van der Waals surface area contributed by atoms with Crippen LogP contribution in [0.5, 0.6) is 0 Å². The summed E-state index contributed by atoms with van der Waals surface area (Å²) < 4.78 is 0. The van der Waals surface area contributed by atoms with E-state index >= 15 is 0 Å². The maximum Gasteiger partial charge on any atom is 0.269 e. The van der Waals surface area contributed by atoms with Gasteiger partial charge in [0.25, 0.3) is 11.6 Å². The predicted octanol–water partition coefficient (Wildman–Crippen LogP) is 2.84. The Hall–Kier alpha value is -3.60. The molecule has 0 aromatic heterocycles. The summed E-state index contributed by atoms with van der Waals surface area (Å²) in [7, 11) is 0. The normalized spacial score (nSPS) is 22.2. The van der Waals surface area contributed by atoms with Gasteiger partial charge in [-0.15, -0.1) is 0 Å². The molecule has 2 aliphatic rings. The number of rotatable bonds is 9. The molecule has 4 rings (SSSR count). The monoisotopic (exact) mass is 508 g/mol. The van der Waals surface area contributed by atoms with Crippen LogP contribution >= 0.6 is 0 Å². The molecule has 2 aromatic rings. The summed E-state index contributed by atoms with van der Waals surface area (Å²) in [5, 5.41) is 38.4. The Morgan fingerprint density at radius 2 is 2.16 bits per heavy atom. The van der Waals surface area contributed by atoms with E-state index in [1.54, 1.807) is 37.3 Å². The van der Waals surface area contributed by atoms with Gasteiger partial charge in [-0.1, -0.05) is 31.2 Å². The van der Waals surface area contributed by atoms with Crippen molar-refractivity contribution in [2.75, 3.05) is 29.9 Å². The van der Waals surface area contributed by atoms with E-state index < -0.39 is 22.3 Å². The quantitative estimate of drug-likeness (QED) is 0.232. The van der Waals surface area contributed by atoms with Gasteiger partial charge in [0.15, 0.2) is 5.60 Å². The number of nitrogens with zero attached hydrogens (tertiary/aromatic N) is 2. The molecule has 0 radical (unpaired) electrons. The second kappa shape index (κ2) is 11.2. The van der Waals surface area contributed by atoms with Crippen LogP contribution in [-0.4, -0.2) is 46.6 Å². The lowest BCUT2D eigenvalue weighted by Crippen LogP contribution is -2.44. The van der Waals surface area contributed by atoms with Crippen molar-refractivity contribution in [1.82, 2.24) is 5.32 Å². The third-order valence-corrected chi connectivity index (χ3v) is 7.05. The van der Waals surface area contributed by atoms with Gasteiger partial charge in [-0.25, -0.2) is 0 Å². The summed E-state index contributed by atoms with van der Waals surface area (Å²) in [5.41, 5.74) is -0.331. The van der Waals surface area contributed by atoms with Gasteiger partial charge < -0.3 is 25.7 Å². The number of non-ortho nitro benzene ring substituents is 1. The van der Waals surface area contributed by atoms with Crippen LogP contribution in [0.3, 0.4) is 0 Å². The highest BCUT2D eigenvalue weighted by molar-refractivity contribution is 6.07. The highest BCUT2D eigenvalue weighted by Gasteiger charge is 2.53. The Kier molecular flexibility index (Phi) is 8.01. The summed E-state index contributed by atoms with van der Waals surface area (Å²) >= 11 is 0. The fourth-order valence-corrected chi connectivity index (χ4v) is 4.97. The van der Waals surface area contributed by atoms with Gasteiger partial charge in [-0.3, -0.25) is 19.7 Å². The molecule has 1 unspecified atom stereocenters. The molecule has 0 spiro atoms. The van der Waals surface area contributed by atoms with E-state index in [2.05, 4.69) is 10.6 Å². The molecular formula is C27H32N4O6. The van der Waals surface area contributed by atoms with Crippen LogP contribution < -0.4 is 15.5 Å². The van der Waals surface area contributed by atoms with Crippen molar-refractivity contribution in [2.24, 2.45) is 11.8 Å². The van der Waals surface area contributed by atoms with Crippen molar-refractivity contribution in [1.29, 1.82) is 0 Å². The average Bonchev–Trinajstić information content (AvgIpc) is 3.11. The molecule has 0 aliphatic carbocycles. The first-order valence-electron chi connectivity index (χ1n) is 12.5. The van der Waals surface area contributed by atoms with Crippen molar-refractivity contribution in [2.45, 2.75) is 38.3 Å². The zero-order valence-electron chi connectivity index (χ0n) is 20.7. The summed E-state index contributed by atoms with van der Waals surface area (Å²) in [4.78, 5) is 38.6. The van der Waals surface area contributed by atoms with Crippen molar-refractivity contribution >= 4 is 28.9 Å². The zero-order chi connectivity index (χ0) is 26.6. The van der Waals surface area contributed by atoms with Crippen LogP contribution in [0.4, 0.5) is 17.1 Å². The van der Waals surface area contributed by atoms with E-state index in [9.17, 15) is 24.8 Å². The van der Waals surface area contributed by atoms with Crippen molar-refractivity contribution in [3.05, 3.63) is 75.9 Å². The molecule has 3 atom stereocenters. The van der Waals surface area contributed by atoms with Crippen molar-refractivity contribution in [3.63, 3.8) is 0 Å². The Balaban J connectivity index is 1.61. The van der Waals surface area contributed by atoms with Crippen molar-refractivity contribution in [3.8, 4) is 0 Å². The third-order valence-electron chi connectivity index (χ3n) is 7.05. The topological polar surface area (TPSA) is 145 Å². The second-order valence-corrected chi connectivity index (χ2v) is 9.58. The molecule has 2 heterocycles. The molecule has 37 heavy (non-hydrogen) atoms.